The zero-order chi connectivity index (χ0) is 49.0. The van der Waals surface area contributed by atoms with Crippen molar-refractivity contribution in [2.45, 2.75) is 250 Å². The lowest BCUT2D eigenvalue weighted by atomic mass is 9.98. The van der Waals surface area contributed by atoms with Crippen LogP contribution in [0, 0.1) is 0 Å². The van der Waals surface area contributed by atoms with Crippen molar-refractivity contribution in [1.29, 1.82) is 0 Å². The molecule has 0 aromatic heterocycles. The zero-order valence-corrected chi connectivity index (χ0v) is 41.9. The lowest BCUT2D eigenvalue weighted by molar-refractivity contribution is -0.301. The molecular weight excluding hydrogens is 853 g/mol. The van der Waals surface area contributed by atoms with Crippen LogP contribution in [0.15, 0.2) is 60.8 Å². The van der Waals surface area contributed by atoms with Crippen LogP contribution in [-0.2, 0) is 42.9 Å². The fourth-order valence-corrected chi connectivity index (χ4v) is 7.62. The Bertz CT molecular complexity index is 1400. The van der Waals surface area contributed by atoms with E-state index in [2.05, 4.69) is 63.3 Å². The number of hydrogen-bond acceptors (Lipinski definition) is 11. The summed E-state index contributed by atoms with van der Waals surface area (Å²) in [5, 5.41) is 31.3. The molecule has 0 spiro atoms. The molecule has 1 rings (SSSR count). The lowest BCUT2D eigenvalue weighted by Gasteiger charge is -2.40. The first-order valence-electron chi connectivity index (χ1n) is 26.3. The summed E-state index contributed by atoms with van der Waals surface area (Å²) in [4.78, 5) is 50.7. The van der Waals surface area contributed by atoms with Crippen LogP contribution in [0.25, 0.3) is 0 Å². The van der Waals surface area contributed by atoms with E-state index in [1.54, 1.807) is 6.08 Å². The fourth-order valence-electron chi connectivity index (χ4n) is 7.62. The number of carboxylic acids is 1. The van der Waals surface area contributed by atoms with Crippen LogP contribution in [0.4, 0.5) is 0 Å². The van der Waals surface area contributed by atoms with Crippen LogP contribution in [-0.4, -0.2) is 89.2 Å². The largest absolute Gasteiger partial charge is 0.479 e. The van der Waals surface area contributed by atoms with Crippen molar-refractivity contribution in [3.63, 3.8) is 0 Å². The van der Waals surface area contributed by atoms with Gasteiger partial charge in [0, 0.05) is 12.8 Å². The van der Waals surface area contributed by atoms with Gasteiger partial charge in [0.1, 0.15) is 18.8 Å². The topological polar surface area (TPSA) is 175 Å². The number of carbonyl (C=O) groups excluding carboxylic acids is 3. The molecule has 1 aliphatic heterocycles. The van der Waals surface area contributed by atoms with E-state index in [0.717, 1.165) is 70.6 Å². The molecule has 0 bridgehead atoms. The highest BCUT2D eigenvalue weighted by Gasteiger charge is 2.50. The predicted octanol–water partition coefficient (Wildman–Crippen LogP) is 12.4. The molecule has 0 saturated carbocycles. The molecule has 6 unspecified atom stereocenters. The average molecular weight is 945 g/mol. The maximum Gasteiger partial charge on any atom is 0.335 e. The van der Waals surface area contributed by atoms with Crippen molar-refractivity contribution >= 4 is 23.9 Å². The Labute approximate surface area is 405 Å². The highest BCUT2D eigenvalue weighted by Crippen LogP contribution is 2.26. The Balaban J connectivity index is 2.79. The van der Waals surface area contributed by atoms with Gasteiger partial charge in [0.25, 0.3) is 0 Å². The number of esters is 3. The van der Waals surface area contributed by atoms with Crippen molar-refractivity contribution in [1.82, 2.24) is 0 Å². The van der Waals surface area contributed by atoms with E-state index in [1.165, 1.54) is 83.5 Å². The van der Waals surface area contributed by atoms with E-state index in [9.17, 15) is 34.5 Å². The number of unbranched alkanes of at least 4 members (excludes halogenated alkanes) is 20. The molecule has 1 saturated heterocycles. The first-order valence-corrected chi connectivity index (χ1v) is 26.3. The molecule has 67 heavy (non-hydrogen) atoms. The standard InChI is InChI=1S/C55H92O12/c1-4-7-10-13-16-19-22-23-24-25-28-29-32-35-38-41-47(56)63-44-46(65-48(57)42-39-36-33-30-26-20-17-14-11-8-5-2)45-64-55-53(51(60)50(59)52(67-55)54(61)62)66-49(58)43-40-37-34-31-27-21-18-15-12-9-6-3/h7,10,16,19,23-24,28-29,35,38,46,50-53,55,59-60H,4-6,8-9,11-15,17-18,20-22,25-27,30-34,36-37,39-45H2,1-3H3,(H,61,62)/b10-7-,19-16-,24-23-,29-28-,38-35-. The van der Waals surface area contributed by atoms with Crippen LogP contribution in [0.5, 0.6) is 0 Å². The second-order valence-electron chi connectivity index (χ2n) is 17.8. The second kappa shape index (κ2) is 43.7. The van der Waals surface area contributed by atoms with Crippen LogP contribution in [0.1, 0.15) is 213 Å². The van der Waals surface area contributed by atoms with E-state index in [1.807, 2.05) is 12.2 Å². The Hall–Kier alpha value is -3.58. The monoisotopic (exact) mass is 945 g/mol. The molecule has 6 atom stereocenters. The van der Waals surface area contributed by atoms with Gasteiger partial charge in [-0.3, -0.25) is 14.4 Å². The second-order valence-corrected chi connectivity index (χ2v) is 17.8. The molecule has 384 valence electrons. The summed E-state index contributed by atoms with van der Waals surface area (Å²) >= 11 is 0. The zero-order valence-electron chi connectivity index (χ0n) is 41.9. The average Bonchev–Trinajstić information content (AvgIpc) is 3.31. The van der Waals surface area contributed by atoms with Gasteiger partial charge in [-0.15, -0.1) is 0 Å². The van der Waals surface area contributed by atoms with Gasteiger partial charge in [0.15, 0.2) is 24.6 Å². The summed E-state index contributed by atoms with van der Waals surface area (Å²) in [5.74, 6) is -3.28. The maximum absolute atomic E-state index is 13.0. The van der Waals surface area contributed by atoms with Gasteiger partial charge < -0.3 is 39.0 Å². The minimum Gasteiger partial charge on any atom is -0.479 e. The first-order chi connectivity index (χ1) is 32.6. The number of carbonyl (C=O) groups is 4. The number of rotatable bonds is 43. The van der Waals surface area contributed by atoms with Crippen molar-refractivity contribution in [3.05, 3.63) is 60.8 Å². The number of carboxylic acid groups (broad SMARTS) is 1. The third-order valence-electron chi connectivity index (χ3n) is 11.6. The van der Waals surface area contributed by atoms with E-state index < -0.39 is 67.3 Å². The third kappa shape index (κ3) is 34.4. The van der Waals surface area contributed by atoms with Gasteiger partial charge in [-0.25, -0.2) is 4.79 Å². The number of aliphatic hydroxyl groups is 2. The SMILES string of the molecule is CC/C=C\C/C=C\C/C=C\C/C=C\C/C=C\CC(=O)OCC(COC1OC(C(=O)O)C(O)C(O)C1OC(=O)CCCCCCCCCCCCC)OC(=O)CCCCCCCCCCCCC. The molecule has 3 N–H and O–H groups in total. The lowest BCUT2D eigenvalue weighted by Crippen LogP contribution is -2.61. The smallest absolute Gasteiger partial charge is 0.335 e. The van der Waals surface area contributed by atoms with E-state index in [-0.39, 0.29) is 25.9 Å². The number of hydrogen-bond donors (Lipinski definition) is 3. The Morgan fingerprint density at radius 2 is 0.925 bits per heavy atom. The van der Waals surface area contributed by atoms with Crippen LogP contribution >= 0.6 is 0 Å². The fraction of sp³-hybridized carbons (Fsp3) is 0.745. The summed E-state index contributed by atoms with van der Waals surface area (Å²) in [5.41, 5.74) is 0. The van der Waals surface area contributed by atoms with E-state index >= 15 is 0 Å². The molecule has 0 amide bonds. The van der Waals surface area contributed by atoms with Crippen LogP contribution in [0.3, 0.4) is 0 Å². The van der Waals surface area contributed by atoms with Gasteiger partial charge in [0.2, 0.25) is 0 Å². The Morgan fingerprint density at radius 3 is 1.37 bits per heavy atom. The molecule has 1 aliphatic rings. The normalized spacial score (nSPS) is 19.3. The highest BCUT2D eigenvalue weighted by molar-refractivity contribution is 5.74. The van der Waals surface area contributed by atoms with Gasteiger partial charge in [-0.05, 0) is 44.9 Å². The molecule has 12 heteroatoms. The maximum atomic E-state index is 13.0. The quantitative estimate of drug-likeness (QED) is 0.0229. The summed E-state index contributed by atoms with van der Waals surface area (Å²) < 4.78 is 28.1. The molecular formula is C55H92O12. The third-order valence-corrected chi connectivity index (χ3v) is 11.6. The van der Waals surface area contributed by atoms with E-state index in [4.69, 9.17) is 23.7 Å². The molecule has 1 heterocycles. The number of aliphatic carboxylic acids is 1. The van der Waals surface area contributed by atoms with Crippen molar-refractivity contribution in [2.75, 3.05) is 13.2 Å². The van der Waals surface area contributed by atoms with Crippen molar-refractivity contribution in [2.24, 2.45) is 0 Å². The summed E-state index contributed by atoms with van der Waals surface area (Å²) in [6, 6.07) is 0. The molecule has 0 aromatic rings. The molecule has 0 aliphatic carbocycles. The number of ether oxygens (including phenoxy) is 5. The van der Waals surface area contributed by atoms with E-state index in [0.29, 0.717) is 19.3 Å². The van der Waals surface area contributed by atoms with Crippen LogP contribution < -0.4 is 0 Å². The minimum atomic E-state index is -1.91. The molecule has 1 fully saturated rings. The summed E-state index contributed by atoms with van der Waals surface area (Å²) in [7, 11) is 0. The van der Waals surface area contributed by atoms with Crippen molar-refractivity contribution < 1.29 is 58.2 Å². The van der Waals surface area contributed by atoms with Gasteiger partial charge in [0.05, 0.1) is 13.0 Å². The molecule has 0 radical (unpaired) electrons. The van der Waals surface area contributed by atoms with Gasteiger partial charge >= 0.3 is 23.9 Å². The van der Waals surface area contributed by atoms with Crippen molar-refractivity contribution in [3.8, 4) is 0 Å². The Kier molecular flexibility index (Phi) is 40.1. The highest BCUT2D eigenvalue weighted by atomic mass is 16.7. The van der Waals surface area contributed by atoms with Crippen LogP contribution in [0.2, 0.25) is 0 Å². The summed E-state index contributed by atoms with van der Waals surface area (Å²) in [6.07, 6.45) is 39.6. The minimum absolute atomic E-state index is 0.0129. The molecule has 12 nitrogen and oxygen atoms in total. The first kappa shape index (κ1) is 61.4. The number of aliphatic hydroxyl groups excluding tert-OH is 2. The number of allylic oxidation sites excluding steroid dienone is 9. The summed E-state index contributed by atoms with van der Waals surface area (Å²) in [6.45, 7) is 5.74. The predicted molar refractivity (Wildman–Crippen MR) is 266 cm³/mol. The van der Waals surface area contributed by atoms with Gasteiger partial charge in [-0.1, -0.05) is 210 Å². The molecule has 0 aromatic carbocycles. The van der Waals surface area contributed by atoms with Gasteiger partial charge in [-0.2, -0.15) is 0 Å². The Morgan fingerprint density at radius 1 is 0.507 bits per heavy atom.